The van der Waals surface area contributed by atoms with Crippen LogP contribution in [0.2, 0.25) is 0 Å². The van der Waals surface area contributed by atoms with E-state index in [4.69, 9.17) is 0 Å². The normalized spacial score (nSPS) is 13.4. The van der Waals surface area contributed by atoms with E-state index < -0.39 is 16.1 Å². The molecule has 0 aliphatic rings. The average molecular weight is 313 g/mol. The first-order valence-electron chi connectivity index (χ1n) is 6.64. The molecular formula is C14H23N3O3S. The maximum absolute atomic E-state index is 12.4. The molecule has 0 fully saturated rings. The average Bonchev–Trinajstić information content (AvgIpc) is 2.38. The van der Waals surface area contributed by atoms with Crippen molar-refractivity contribution in [1.29, 1.82) is 0 Å². The molecule has 6 nitrogen and oxygen atoms in total. The lowest BCUT2D eigenvalue weighted by Crippen LogP contribution is -2.42. The maximum Gasteiger partial charge on any atom is 0.243 e. The number of nitrogens with zero attached hydrogens (tertiary/aromatic N) is 2. The molecule has 0 bridgehead atoms. The smallest absolute Gasteiger partial charge is 0.243 e. The first kappa shape index (κ1) is 17.6. The summed E-state index contributed by atoms with van der Waals surface area (Å²) in [6, 6.07) is 8.03. The van der Waals surface area contributed by atoms with Gasteiger partial charge in [0.1, 0.15) is 6.04 Å². The lowest BCUT2D eigenvalue weighted by molar-refractivity contribution is -0.124. The third kappa shape index (κ3) is 5.45. The molecule has 118 valence electrons. The van der Waals surface area contributed by atoms with E-state index in [1.807, 2.05) is 25.1 Å². The minimum atomic E-state index is -3.47. The Bertz CT molecular complexity index is 558. The second kappa shape index (κ2) is 7.53. The van der Waals surface area contributed by atoms with Crippen LogP contribution in [0.25, 0.3) is 0 Å². The Morgan fingerprint density at radius 2 is 1.76 bits per heavy atom. The quantitative estimate of drug-likeness (QED) is 0.786. The van der Waals surface area contributed by atoms with Gasteiger partial charge < -0.3 is 10.2 Å². The van der Waals surface area contributed by atoms with Crippen molar-refractivity contribution >= 4 is 15.9 Å². The first-order chi connectivity index (χ1) is 9.73. The predicted octanol–water partition coefficient (Wildman–Crippen LogP) is 0.297. The monoisotopic (exact) mass is 313 g/mol. The number of amides is 1. The summed E-state index contributed by atoms with van der Waals surface area (Å²) in [6.07, 6.45) is 1.09. The molecule has 0 aliphatic heterocycles. The van der Waals surface area contributed by atoms with Crippen molar-refractivity contribution in [2.75, 3.05) is 40.5 Å². The van der Waals surface area contributed by atoms with Crippen LogP contribution in [0.3, 0.4) is 0 Å². The SMILES string of the molecule is CN(C)CCNC(=O)[C@H](c1ccccc1)N(C)S(C)(=O)=O. The fourth-order valence-corrected chi connectivity index (χ4v) is 2.45. The molecule has 21 heavy (non-hydrogen) atoms. The van der Waals surface area contributed by atoms with Crippen LogP contribution in [0.5, 0.6) is 0 Å². The van der Waals surface area contributed by atoms with Crippen molar-refractivity contribution in [3.8, 4) is 0 Å². The number of carbonyl (C=O) groups is 1. The highest BCUT2D eigenvalue weighted by Gasteiger charge is 2.30. The van der Waals surface area contributed by atoms with Gasteiger partial charge in [0.2, 0.25) is 15.9 Å². The molecule has 0 saturated heterocycles. The molecule has 1 amide bonds. The van der Waals surface area contributed by atoms with Gasteiger partial charge in [-0.25, -0.2) is 8.42 Å². The van der Waals surface area contributed by atoms with E-state index in [0.717, 1.165) is 10.6 Å². The summed E-state index contributed by atoms with van der Waals surface area (Å²) in [5.74, 6) is -0.323. The molecule has 0 aromatic heterocycles. The van der Waals surface area contributed by atoms with Crippen molar-refractivity contribution in [3.63, 3.8) is 0 Å². The van der Waals surface area contributed by atoms with Crippen molar-refractivity contribution in [1.82, 2.24) is 14.5 Å². The molecule has 7 heteroatoms. The Kier molecular flexibility index (Phi) is 6.32. The summed E-state index contributed by atoms with van der Waals surface area (Å²) < 4.78 is 24.6. The highest BCUT2D eigenvalue weighted by Crippen LogP contribution is 2.21. The van der Waals surface area contributed by atoms with Crippen molar-refractivity contribution in [2.24, 2.45) is 0 Å². The van der Waals surface area contributed by atoms with E-state index in [-0.39, 0.29) is 5.91 Å². The fraction of sp³-hybridized carbons (Fsp3) is 0.500. The summed E-state index contributed by atoms with van der Waals surface area (Å²) >= 11 is 0. The third-order valence-electron chi connectivity index (χ3n) is 3.11. The van der Waals surface area contributed by atoms with Gasteiger partial charge in [0.05, 0.1) is 6.26 Å². The van der Waals surface area contributed by atoms with E-state index in [0.29, 0.717) is 18.7 Å². The van der Waals surface area contributed by atoms with Gasteiger partial charge in [0, 0.05) is 20.1 Å². The van der Waals surface area contributed by atoms with Gasteiger partial charge in [0.15, 0.2) is 0 Å². The van der Waals surface area contributed by atoms with E-state index in [9.17, 15) is 13.2 Å². The fourth-order valence-electron chi connectivity index (χ4n) is 1.85. The Morgan fingerprint density at radius 1 is 1.19 bits per heavy atom. The van der Waals surface area contributed by atoms with Crippen LogP contribution in [-0.2, 0) is 14.8 Å². The van der Waals surface area contributed by atoms with Crippen LogP contribution < -0.4 is 5.32 Å². The number of nitrogens with one attached hydrogen (secondary N) is 1. The Hall–Kier alpha value is -1.44. The van der Waals surface area contributed by atoms with Gasteiger partial charge in [0.25, 0.3) is 0 Å². The number of likely N-dealkylation sites (N-methyl/N-ethyl adjacent to an activating group) is 2. The van der Waals surface area contributed by atoms with E-state index >= 15 is 0 Å². The summed E-state index contributed by atoms with van der Waals surface area (Å²) in [5, 5.41) is 2.78. The van der Waals surface area contributed by atoms with Crippen molar-refractivity contribution < 1.29 is 13.2 Å². The Labute approximate surface area is 126 Å². The summed E-state index contributed by atoms with van der Waals surface area (Å²) in [4.78, 5) is 14.3. The molecule has 1 aromatic carbocycles. The summed E-state index contributed by atoms with van der Waals surface area (Å²) in [7, 11) is 1.75. The second-order valence-electron chi connectivity index (χ2n) is 5.19. The van der Waals surface area contributed by atoms with Crippen LogP contribution in [-0.4, -0.2) is 64.0 Å². The number of rotatable bonds is 7. The van der Waals surface area contributed by atoms with Gasteiger partial charge in [-0.05, 0) is 19.7 Å². The molecule has 0 aliphatic carbocycles. The molecule has 0 unspecified atom stereocenters. The molecule has 1 N–H and O–H groups in total. The number of hydrogen-bond donors (Lipinski definition) is 1. The lowest BCUT2D eigenvalue weighted by Gasteiger charge is -2.26. The summed E-state index contributed by atoms with van der Waals surface area (Å²) in [6.45, 7) is 1.16. The minimum absolute atomic E-state index is 0.323. The van der Waals surface area contributed by atoms with Crippen LogP contribution in [0, 0.1) is 0 Å². The Morgan fingerprint density at radius 3 is 2.24 bits per heavy atom. The molecule has 0 spiro atoms. The van der Waals surface area contributed by atoms with Crippen molar-refractivity contribution in [3.05, 3.63) is 35.9 Å². The molecule has 1 atom stereocenters. The van der Waals surface area contributed by atoms with E-state index in [2.05, 4.69) is 5.32 Å². The molecule has 1 rings (SSSR count). The number of sulfonamides is 1. The minimum Gasteiger partial charge on any atom is -0.353 e. The van der Waals surface area contributed by atoms with Crippen LogP contribution in [0.1, 0.15) is 11.6 Å². The number of carbonyl (C=O) groups excluding carboxylic acids is 1. The standard InChI is InChI=1S/C14H23N3O3S/c1-16(2)11-10-15-14(18)13(17(3)21(4,19)20)12-8-6-5-7-9-12/h5-9,13H,10-11H2,1-4H3,(H,15,18)/t13-/m0/s1. The number of benzene rings is 1. The molecular weight excluding hydrogens is 290 g/mol. The first-order valence-corrected chi connectivity index (χ1v) is 8.48. The van der Waals surface area contributed by atoms with Crippen molar-refractivity contribution in [2.45, 2.75) is 6.04 Å². The summed E-state index contributed by atoms with van der Waals surface area (Å²) in [5.41, 5.74) is 0.646. The number of hydrogen-bond acceptors (Lipinski definition) is 4. The second-order valence-corrected chi connectivity index (χ2v) is 7.23. The van der Waals surface area contributed by atoms with Gasteiger partial charge in [-0.3, -0.25) is 4.79 Å². The Balaban J connectivity index is 2.95. The lowest BCUT2D eigenvalue weighted by atomic mass is 10.1. The van der Waals surface area contributed by atoms with Gasteiger partial charge in [-0.2, -0.15) is 4.31 Å². The van der Waals surface area contributed by atoms with Gasteiger partial charge >= 0.3 is 0 Å². The third-order valence-corrected chi connectivity index (χ3v) is 4.37. The largest absolute Gasteiger partial charge is 0.353 e. The zero-order valence-corrected chi connectivity index (χ0v) is 13.7. The molecule has 0 radical (unpaired) electrons. The maximum atomic E-state index is 12.4. The zero-order chi connectivity index (χ0) is 16.0. The highest BCUT2D eigenvalue weighted by molar-refractivity contribution is 7.88. The van der Waals surface area contributed by atoms with Crippen LogP contribution in [0.15, 0.2) is 30.3 Å². The molecule has 0 heterocycles. The molecule has 0 saturated carbocycles. The van der Waals surface area contributed by atoms with E-state index in [1.54, 1.807) is 24.3 Å². The van der Waals surface area contributed by atoms with Gasteiger partial charge in [-0.15, -0.1) is 0 Å². The predicted molar refractivity (Wildman–Crippen MR) is 83.4 cm³/mol. The zero-order valence-electron chi connectivity index (χ0n) is 12.9. The highest BCUT2D eigenvalue weighted by atomic mass is 32.2. The van der Waals surface area contributed by atoms with E-state index in [1.165, 1.54) is 7.05 Å². The van der Waals surface area contributed by atoms with Crippen LogP contribution in [0.4, 0.5) is 0 Å². The topological polar surface area (TPSA) is 69.7 Å². The van der Waals surface area contributed by atoms with Gasteiger partial charge in [-0.1, -0.05) is 30.3 Å². The molecule has 1 aromatic rings. The van der Waals surface area contributed by atoms with Crippen LogP contribution >= 0.6 is 0 Å².